The topological polar surface area (TPSA) is 118 Å². The number of fused-ring (bicyclic) bond motifs is 1. The summed E-state index contributed by atoms with van der Waals surface area (Å²) in [5.41, 5.74) is -0.908. The van der Waals surface area contributed by atoms with Crippen molar-refractivity contribution in [2.45, 2.75) is 111 Å². The lowest BCUT2D eigenvalue weighted by atomic mass is 9.85. The van der Waals surface area contributed by atoms with Gasteiger partial charge in [-0.3, -0.25) is 9.59 Å². The van der Waals surface area contributed by atoms with Gasteiger partial charge in [0.15, 0.2) is 11.5 Å². The van der Waals surface area contributed by atoms with E-state index in [2.05, 4.69) is 17.2 Å². The number of Topliss-reactive ketones (excluding diaryl/α,β-unsaturated/α-hetero) is 1. The largest absolute Gasteiger partial charge is 0.497 e. The summed E-state index contributed by atoms with van der Waals surface area (Å²) >= 11 is 0. The summed E-state index contributed by atoms with van der Waals surface area (Å²) in [7, 11) is 1.51. The maximum atomic E-state index is 16.1. The minimum absolute atomic E-state index is 0.0845. The predicted octanol–water partition coefficient (Wildman–Crippen LogP) is 7.20. The van der Waals surface area contributed by atoms with Crippen LogP contribution in [0.1, 0.15) is 92.2 Å². The summed E-state index contributed by atoms with van der Waals surface area (Å²) in [5.74, 6) is -3.09. The molecule has 46 heavy (non-hydrogen) atoms. The first-order chi connectivity index (χ1) is 21.5. The molecule has 1 saturated carbocycles. The number of hydrogen-bond acceptors (Lipinski definition) is 6. The fraction of sp³-hybridized carbons (Fsp3) is 0.657. The highest BCUT2D eigenvalue weighted by molar-refractivity contribution is 5.92. The molecule has 1 unspecified atom stereocenters. The second kappa shape index (κ2) is 14.1. The van der Waals surface area contributed by atoms with Gasteiger partial charge in [-0.25, -0.2) is 9.78 Å². The molecule has 1 aromatic heterocycles. The molecule has 2 N–H and O–H groups in total. The second-order valence-electron chi connectivity index (χ2n) is 14.3. The molecule has 1 aliphatic heterocycles. The van der Waals surface area contributed by atoms with E-state index >= 15 is 8.78 Å². The normalized spacial score (nSPS) is 24.2. The smallest absolute Gasteiger partial charge is 0.405 e. The highest BCUT2D eigenvalue weighted by Gasteiger charge is 2.49. The summed E-state index contributed by atoms with van der Waals surface area (Å²) in [4.78, 5) is 43.9. The van der Waals surface area contributed by atoms with Gasteiger partial charge in [-0.1, -0.05) is 66.7 Å². The van der Waals surface area contributed by atoms with E-state index in [0.717, 1.165) is 12.8 Å². The Morgan fingerprint density at radius 3 is 2.43 bits per heavy atom. The fourth-order valence-electron chi connectivity index (χ4n) is 7.16. The zero-order valence-electron chi connectivity index (χ0n) is 28.1. The lowest BCUT2D eigenvalue weighted by Crippen LogP contribution is -2.56. The SMILES string of the molecule is COc1ccc2nc(C(F)(F)CCCC[C@@H]3CCCC3C)c(O[C@H]3CN(C(=O)[C@@H](NC(=O)O)C(C)(C)C)[C@H](C(C)=O)[C@@H]3C)cc2c1. The van der Waals surface area contributed by atoms with Gasteiger partial charge in [0, 0.05) is 17.7 Å². The van der Waals surface area contributed by atoms with Crippen molar-refractivity contribution in [3.63, 3.8) is 0 Å². The zero-order chi connectivity index (χ0) is 34.0. The number of amides is 2. The van der Waals surface area contributed by atoms with Crippen LogP contribution >= 0.6 is 0 Å². The van der Waals surface area contributed by atoms with Gasteiger partial charge in [-0.15, -0.1) is 0 Å². The van der Waals surface area contributed by atoms with Gasteiger partial charge in [-0.2, -0.15) is 8.78 Å². The number of alkyl halides is 2. The Morgan fingerprint density at radius 1 is 1.13 bits per heavy atom. The number of benzene rings is 1. The zero-order valence-corrected chi connectivity index (χ0v) is 28.1. The number of methoxy groups -OCH3 is 1. The molecule has 2 fully saturated rings. The van der Waals surface area contributed by atoms with E-state index in [1.807, 2.05) is 0 Å². The molecular formula is C35H49F2N3O6. The average Bonchev–Trinajstić information content (AvgIpc) is 3.54. The van der Waals surface area contributed by atoms with Crippen molar-refractivity contribution < 1.29 is 37.7 Å². The summed E-state index contributed by atoms with van der Waals surface area (Å²) in [6.07, 6.45) is 2.98. The summed E-state index contributed by atoms with van der Waals surface area (Å²) in [6, 6.07) is 4.45. The van der Waals surface area contributed by atoms with Crippen LogP contribution in [-0.4, -0.2) is 64.6 Å². The molecule has 6 atom stereocenters. The first kappa shape index (κ1) is 35.4. The Bertz CT molecular complexity index is 1430. The Hall–Kier alpha value is -3.50. The number of likely N-dealkylation sites (tertiary alicyclic amines) is 1. The molecule has 0 radical (unpaired) electrons. The van der Waals surface area contributed by atoms with Crippen LogP contribution in [0.15, 0.2) is 24.3 Å². The van der Waals surface area contributed by atoms with Crippen LogP contribution < -0.4 is 14.8 Å². The first-order valence-electron chi connectivity index (χ1n) is 16.4. The number of hydrogen-bond donors (Lipinski definition) is 2. The van der Waals surface area contributed by atoms with Gasteiger partial charge in [0.25, 0.3) is 5.92 Å². The van der Waals surface area contributed by atoms with Gasteiger partial charge in [-0.05, 0) is 54.9 Å². The molecular weight excluding hydrogens is 596 g/mol. The number of nitrogens with zero attached hydrogens (tertiary/aromatic N) is 2. The molecule has 1 saturated heterocycles. The number of pyridine rings is 1. The van der Waals surface area contributed by atoms with E-state index in [1.54, 1.807) is 45.9 Å². The van der Waals surface area contributed by atoms with Crippen LogP contribution in [0.5, 0.6) is 11.5 Å². The lowest BCUT2D eigenvalue weighted by molar-refractivity contribution is -0.141. The summed E-state index contributed by atoms with van der Waals surface area (Å²) < 4.78 is 43.8. The molecule has 9 nitrogen and oxygen atoms in total. The van der Waals surface area contributed by atoms with Gasteiger partial charge in [0.1, 0.15) is 23.6 Å². The van der Waals surface area contributed by atoms with E-state index in [1.165, 1.54) is 37.8 Å². The van der Waals surface area contributed by atoms with Gasteiger partial charge in [0.2, 0.25) is 5.91 Å². The number of aromatic nitrogens is 1. The average molecular weight is 646 g/mol. The van der Waals surface area contributed by atoms with Crippen LogP contribution in [0.4, 0.5) is 13.6 Å². The quantitative estimate of drug-likeness (QED) is 0.235. The predicted molar refractivity (Wildman–Crippen MR) is 171 cm³/mol. The Morgan fingerprint density at radius 2 is 1.85 bits per heavy atom. The first-order valence-corrected chi connectivity index (χ1v) is 16.4. The van der Waals surface area contributed by atoms with Crippen LogP contribution in [0.25, 0.3) is 10.9 Å². The van der Waals surface area contributed by atoms with Crippen LogP contribution in [0.2, 0.25) is 0 Å². The Kier molecular flexibility index (Phi) is 10.8. The number of halogens is 2. The maximum absolute atomic E-state index is 16.1. The van der Waals surface area contributed by atoms with E-state index in [-0.39, 0.29) is 24.5 Å². The third-order valence-electron chi connectivity index (χ3n) is 9.84. The van der Waals surface area contributed by atoms with Gasteiger partial charge < -0.3 is 24.8 Å². The lowest BCUT2D eigenvalue weighted by Gasteiger charge is -2.34. The van der Waals surface area contributed by atoms with Crippen molar-refractivity contribution in [3.8, 4) is 11.5 Å². The van der Waals surface area contributed by atoms with Crippen molar-refractivity contribution in [2.75, 3.05) is 13.7 Å². The van der Waals surface area contributed by atoms with E-state index in [0.29, 0.717) is 41.3 Å². The maximum Gasteiger partial charge on any atom is 0.405 e. The van der Waals surface area contributed by atoms with E-state index < -0.39 is 53.1 Å². The van der Waals surface area contributed by atoms with E-state index in [4.69, 9.17) is 9.47 Å². The van der Waals surface area contributed by atoms with Gasteiger partial charge >= 0.3 is 6.09 Å². The number of carbonyl (C=O) groups excluding carboxylic acids is 2. The Balaban J connectivity index is 1.64. The molecule has 4 rings (SSSR count). The van der Waals surface area contributed by atoms with Crippen LogP contribution in [-0.2, 0) is 15.5 Å². The van der Waals surface area contributed by atoms with Crippen molar-refractivity contribution >= 4 is 28.7 Å². The number of ketones is 1. The molecule has 2 aromatic rings. The molecule has 2 heterocycles. The monoisotopic (exact) mass is 645 g/mol. The molecule has 0 bridgehead atoms. The van der Waals surface area contributed by atoms with Gasteiger partial charge in [0.05, 0.1) is 25.2 Å². The standard InChI is InChI=1S/C35H49F2N3O6/c1-20-11-10-13-23(20)12-8-9-16-35(36,37)30-27(18-24-17-25(45-7)14-15-26(24)38-30)46-28-19-40(29(21(28)2)22(3)41)32(42)31(34(4,5)6)39-33(43)44/h14-15,17-18,20-21,23,28-29,31,39H,8-13,16,19H2,1-7H3,(H,43,44)/t20?,21-,23-,28+,29+,31-/m1/s1. The minimum atomic E-state index is -3.29. The van der Waals surface area contributed by atoms with Crippen molar-refractivity contribution in [1.82, 2.24) is 15.2 Å². The minimum Gasteiger partial charge on any atom is -0.497 e. The van der Waals surface area contributed by atoms with Crippen molar-refractivity contribution in [1.29, 1.82) is 0 Å². The number of rotatable bonds is 12. The molecule has 11 heteroatoms. The number of ether oxygens (including phenoxy) is 2. The molecule has 0 spiro atoms. The summed E-state index contributed by atoms with van der Waals surface area (Å²) in [5, 5.41) is 12.3. The fourth-order valence-corrected chi connectivity index (χ4v) is 7.16. The summed E-state index contributed by atoms with van der Waals surface area (Å²) in [6.45, 7) is 10.4. The number of carboxylic acid groups (broad SMARTS) is 1. The molecule has 1 aromatic carbocycles. The molecule has 254 valence electrons. The van der Waals surface area contributed by atoms with E-state index in [9.17, 15) is 19.5 Å². The number of nitrogens with one attached hydrogen (secondary N) is 1. The van der Waals surface area contributed by atoms with Crippen LogP contribution in [0, 0.1) is 23.2 Å². The Labute approximate surface area is 270 Å². The van der Waals surface area contributed by atoms with Crippen molar-refractivity contribution in [3.05, 3.63) is 30.0 Å². The second-order valence-corrected chi connectivity index (χ2v) is 14.3. The molecule has 1 aliphatic carbocycles. The number of unbranched alkanes of at least 4 members (excludes halogenated alkanes) is 1. The molecule has 2 amide bonds. The van der Waals surface area contributed by atoms with Crippen molar-refractivity contribution in [2.24, 2.45) is 23.2 Å². The highest BCUT2D eigenvalue weighted by atomic mass is 19.3. The third kappa shape index (κ3) is 7.89. The number of carbonyl (C=O) groups is 3. The highest BCUT2D eigenvalue weighted by Crippen LogP contribution is 2.42. The molecule has 2 aliphatic rings. The van der Waals surface area contributed by atoms with Crippen LogP contribution in [0.3, 0.4) is 0 Å². The third-order valence-corrected chi connectivity index (χ3v) is 9.84.